The van der Waals surface area contributed by atoms with Gasteiger partial charge in [0.25, 0.3) is 0 Å². The maximum atomic E-state index is 11.6. The average molecular weight is 309 g/mol. The number of nitrogens with zero attached hydrogens (tertiary/aromatic N) is 1. The Morgan fingerprint density at radius 2 is 2.10 bits per heavy atom. The lowest BCUT2D eigenvalue weighted by Gasteiger charge is -2.08. The molecule has 0 saturated carbocycles. The fourth-order valence-electron chi connectivity index (χ4n) is 1.50. The molecule has 0 atom stereocenters. The smallest absolute Gasteiger partial charge is 0.321 e. The van der Waals surface area contributed by atoms with Crippen LogP contribution in [-0.2, 0) is 4.79 Å². The summed E-state index contributed by atoms with van der Waals surface area (Å²) in [6.07, 6.45) is 0. The van der Waals surface area contributed by atoms with Gasteiger partial charge < -0.3 is 5.32 Å². The van der Waals surface area contributed by atoms with Gasteiger partial charge in [-0.2, -0.15) is 0 Å². The Balaban J connectivity index is 1.85. The van der Waals surface area contributed by atoms with Crippen molar-refractivity contribution in [1.29, 1.82) is 0 Å². The van der Waals surface area contributed by atoms with Crippen molar-refractivity contribution in [3.05, 3.63) is 24.3 Å². The average Bonchev–Trinajstić information content (AvgIpc) is 2.77. The molecule has 106 valence electrons. The molecule has 5 nitrogen and oxygen atoms in total. The Bertz CT molecular complexity index is 592. The summed E-state index contributed by atoms with van der Waals surface area (Å²) in [5.41, 5.74) is 0.929. The number of benzene rings is 1. The van der Waals surface area contributed by atoms with E-state index in [1.54, 1.807) is 11.3 Å². The van der Waals surface area contributed by atoms with Crippen LogP contribution in [0.5, 0.6) is 0 Å². The monoisotopic (exact) mass is 309 g/mol. The highest BCUT2D eigenvalue weighted by molar-refractivity contribution is 8.01. The quantitative estimate of drug-likeness (QED) is 0.852. The van der Waals surface area contributed by atoms with Crippen LogP contribution in [0.1, 0.15) is 13.8 Å². The lowest BCUT2D eigenvalue weighted by molar-refractivity contribution is -0.117. The van der Waals surface area contributed by atoms with Gasteiger partial charge in [-0.25, -0.2) is 9.78 Å². The lowest BCUT2D eigenvalue weighted by Crippen LogP contribution is -2.43. The number of nitrogens with one attached hydrogen (secondary N) is 2. The number of amides is 3. The zero-order valence-electron chi connectivity index (χ0n) is 11.2. The maximum absolute atomic E-state index is 11.6. The molecule has 2 rings (SSSR count). The molecule has 0 unspecified atom stereocenters. The number of thiazole rings is 1. The summed E-state index contributed by atoms with van der Waals surface area (Å²) in [7, 11) is 0. The number of fused-ring (bicyclic) bond motifs is 1. The van der Waals surface area contributed by atoms with E-state index in [2.05, 4.69) is 15.6 Å². The molecule has 0 bridgehead atoms. The van der Waals surface area contributed by atoms with Gasteiger partial charge in [-0.05, 0) is 26.0 Å². The van der Waals surface area contributed by atoms with Crippen molar-refractivity contribution in [1.82, 2.24) is 15.6 Å². The molecule has 0 aliphatic carbocycles. The van der Waals surface area contributed by atoms with Crippen molar-refractivity contribution < 1.29 is 9.59 Å². The van der Waals surface area contributed by atoms with Crippen LogP contribution in [0, 0.1) is 0 Å². The van der Waals surface area contributed by atoms with Crippen LogP contribution in [-0.4, -0.2) is 28.7 Å². The van der Waals surface area contributed by atoms with Gasteiger partial charge in [-0.3, -0.25) is 10.1 Å². The van der Waals surface area contributed by atoms with Crippen LogP contribution >= 0.6 is 23.1 Å². The molecule has 0 aliphatic heterocycles. The van der Waals surface area contributed by atoms with Gasteiger partial charge in [0.15, 0.2) is 4.34 Å². The van der Waals surface area contributed by atoms with E-state index >= 15 is 0 Å². The number of rotatable bonds is 4. The van der Waals surface area contributed by atoms with E-state index in [0.717, 1.165) is 14.6 Å². The highest BCUT2D eigenvalue weighted by atomic mass is 32.2. The molecular formula is C13H15N3O2S2. The molecular weight excluding hydrogens is 294 g/mol. The van der Waals surface area contributed by atoms with Gasteiger partial charge in [0.05, 0.1) is 16.0 Å². The minimum atomic E-state index is -0.463. The Morgan fingerprint density at radius 3 is 2.80 bits per heavy atom. The molecule has 0 aliphatic rings. The predicted molar refractivity (Wildman–Crippen MR) is 82.2 cm³/mol. The van der Waals surface area contributed by atoms with E-state index in [9.17, 15) is 9.59 Å². The van der Waals surface area contributed by atoms with E-state index < -0.39 is 6.03 Å². The Hall–Kier alpha value is -1.60. The van der Waals surface area contributed by atoms with Crippen molar-refractivity contribution in [2.75, 3.05) is 5.75 Å². The van der Waals surface area contributed by atoms with E-state index in [1.165, 1.54) is 11.8 Å². The molecule has 7 heteroatoms. The van der Waals surface area contributed by atoms with Crippen LogP contribution in [0.15, 0.2) is 28.6 Å². The third-order valence-corrected chi connectivity index (χ3v) is 4.45. The molecule has 1 heterocycles. The molecule has 1 aromatic heterocycles. The normalized spacial score (nSPS) is 10.8. The molecule has 3 amide bonds. The Morgan fingerprint density at radius 1 is 1.35 bits per heavy atom. The molecule has 0 saturated heterocycles. The van der Waals surface area contributed by atoms with Crippen molar-refractivity contribution in [2.24, 2.45) is 0 Å². The van der Waals surface area contributed by atoms with E-state index in [-0.39, 0.29) is 17.7 Å². The second-order valence-electron chi connectivity index (χ2n) is 4.41. The third-order valence-electron chi connectivity index (χ3n) is 2.27. The van der Waals surface area contributed by atoms with Crippen molar-refractivity contribution >= 4 is 45.3 Å². The lowest BCUT2D eigenvalue weighted by atomic mass is 10.3. The summed E-state index contributed by atoms with van der Waals surface area (Å²) >= 11 is 2.87. The van der Waals surface area contributed by atoms with Crippen LogP contribution in [0.3, 0.4) is 0 Å². The first-order valence-corrected chi connectivity index (χ1v) is 7.93. The minimum absolute atomic E-state index is 0.000264. The van der Waals surface area contributed by atoms with Crippen molar-refractivity contribution in [3.63, 3.8) is 0 Å². The molecule has 20 heavy (non-hydrogen) atoms. The molecule has 2 aromatic rings. The summed E-state index contributed by atoms with van der Waals surface area (Å²) < 4.78 is 1.92. The number of thioether (sulfide) groups is 1. The number of carbonyl (C=O) groups excluding carboxylic acids is 2. The van der Waals surface area contributed by atoms with E-state index in [0.29, 0.717) is 0 Å². The number of imide groups is 1. The van der Waals surface area contributed by atoms with Gasteiger partial charge in [-0.1, -0.05) is 23.9 Å². The minimum Gasteiger partial charge on any atom is -0.336 e. The summed E-state index contributed by atoms with van der Waals surface area (Å²) in [6, 6.07) is 7.35. The molecule has 0 radical (unpaired) electrons. The van der Waals surface area contributed by atoms with E-state index in [4.69, 9.17) is 0 Å². The standard InChI is InChI=1S/C13H15N3O2S2/c1-8(2)14-12(18)16-11(17)7-19-13-15-9-5-3-4-6-10(9)20-13/h3-6,8H,7H2,1-2H3,(H2,14,16,17,18). The van der Waals surface area contributed by atoms with Crippen LogP contribution in [0.25, 0.3) is 10.2 Å². The second-order valence-corrected chi connectivity index (χ2v) is 6.67. The van der Waals surface area contributed by atoms with Gasteiger partial charge >= 0.3 is 6.03 Å². The second kappa shape index (κ2) is 6.71. The van der Waals surface area contributed by atoms with Gasteiger partial charge in [-0.15, -0.1) is 11.3 Å². The highest BCUT2D eigenvalue weighted by Crippen LogP contribution is 2.28. The number of hydrogen-bond acceptors (Lipinski definition) is 5. The van der Waals surface area contributed by atoms with E-state index in [1.807, 2.05) is 38.1 Å². The number of aromatic nitrogens is 1. The molecule has 2 N–H and O–H groups in total. The molecule has 1 aromatic carbocycles. The number of hydrogen-bond donors (Lipinski definition) is 2. The zero-order chi connectivity index (χ0) is 14.5. The largest absolute Gasteiger partial charge is 0.336 e. The highest BCUT2D eigenvalue weighted by Gasteiger charge is 2.10. The van der Waals surface area contributed by atoms with Crippen LogP contribution in [0.4, 0.5) is 4.79 Å². The fraction of sp³-hybridized carbons (Fsp3) is 0.308. The number of carbonyl (C=O) groups is 2. The predicted octanol–water partition coefficient (Wildman–Crippen LogP) is 2.62. The first-order valence-electron chi connectivity index (χ1n) is 6.13. The first-order chi connectivity index (χ1) is 9.54. The Labute approximate surface area is 125 Å². The third kappa shape index (κ3) is 4.21. The van der Waals surface area contributed by atoms with Gasteiger partial charge in [0, 0.05) is 6.04 Å². The Kier molecular flexibility index (Phi) is 4.97. The first kappa shape index (κ1) is 14.8. The van der Waals surface area contributed by atoms with Crippen LogP contribution < -0.4 is 10.6 Å². The fourth-order valence-corrected chi connectivity index (χ4v) is 3.37. The van der Waals surface area contributed by atoms with Gasteiger partial charge in [0.2, 0.25) is 5.91 Å². The van der Waals surface area contributed by atoms with Crippen molar-refractivity contribution in [2.45, 2.75) is 24.2 Å². The number of para-hydroxylation sites is 1. The maximum Gasteiger partial charge on any atom is 0.321 e. The summed E-state index contributed by atoms with van der Waals surface area (Å²) in [4.78, 5) is 27.4. The molecule has 0 fully saturated rings. The summed E-state index contributed by atoms with van der Waals surface area (Å²) in [5, 5.41) is 4.88. The molecule has 0 spiro atoms. The van der Waals surface area contributed by atoms with Gasteiger partial charge in [0.1, 0.15) is 0 Å². The summed E-state index contributed by atoms with van der Waals surface area (Å²) in [5.74, 6) is -0.155. The number of urea groups is 1. The van der Waals surface area contributed by atoms with Crippen molar-refractivity contribution in [3.8, 4) is 0 Å². The SMILES string of the molecule is CC(C)NC(=O)NC(=O)CSc1nc2ccccc2s1. The topological polar surface area (TPSA) is 71.1 Å². The van der Waals surface area contributed by atoms with Crippen LogP contribution in [0.2, 0.25) is 0 Å². The summed E-state index contributed by atoms with van der Waals surface area (Å²) in [6.45, 7) is 3.67. The zero-order valence-corrected chi connectivity index (χ0v) is 12.8.